The lowest BCUT2D eigenvalue weighted by molar-refractivity contribution is 1.30. The third-order valence-electron chi connectivity index (χ3n) is 2.25. The van der Waals surface area contributed by atoms with Gasteiger partial charge in [-0.3, -0.25) is 4.98 Å². The number of nitrogen functional groups attached to an aromatic ring is 1. The first-order chi connectivity index (χ1) is 8.13. The SMILES string of the molecule is N#Cc1cnc(-c2cccc(Cl)c2Cl)c(N)c1. The van der Waals surface area contributed by atoms with Crippen molar-refractivity contribution in [2.24, 2.45) is 0 Å². The molecular formula is C12H7Cl2N3. The van der Waals surface area contributed by atoms with Gasteiger partial charge in [-0.15, -0.1) is 0 Å². The molecule has 0 atom stereocenters. The first kappa shape index (κ1) is 11.7. The van der Waals surface area contributed by atoms with Crippen LogP contribution in [0.25, 0.3) is 11.3 Å². The molecule has 0 fully saturated rings. The van der Waals surface area contributed by atoms with Crippen molar-refractivity contribution in [2.75, 3.05) is 5.73 Å². The molecule has 2 rings (SSSR count). The van der Waals surface area contributed by atoms with Gasteiger partial charge in [-0.1, -0.05) is 35.3 Å². The van der Waals surface area contributed by atoms with Crippen molar-refractivity contribution in [3.8, 4) is 17.3 Å². The largest absolute Gasteiger partial charge is 0.397 e. The van der Waals surface area contributed by atoms with E-state index in [1.54, 1.807) is 24.3 Å². The second-order valence-electron chi connectivity index (χ2n) is 3.38. The Morgan fingerprint density at radius 3 is 2.71 bits per heavy atom. The van der Waals surface area contributed by atoms with E-state index >= 15 is 0 Å². The Morgan fingerprint density at radius 1 is 1.29 bits per heavy atom. The molecule has 0 unspecified atom stereocenters. The highest BCUT2D eigenvalue weighted by atomic mass is 35.5. The highest BCUT2D eigenvalue weighted by molar-refractivity contribution is 6.43. The number of hydrogen-bond donors (Lipinski definition) is 1. The molecule has 0 aliphatic carbocycles. The van der Waals surface area contributed by atoms with E-state index in [2.05, 4.69) is 4.98 Å². The first-order valence-corrected chi connectivity index (χ1v) is 5.49. The van der Waals surface area contributed by atoms with Gasteiger partial charge in [-0.25, -0.2) is 0 Å². The summed E-state index contributed by atoms with van der Waals surface area (Å²) in [7, 11) is 0. The summed E-state index contributed by atoms with van der Waals surface area (Å²) in [4.78, 5) is 4.13. The maximum Gasteiger partial charge on any atom is 0.101 e. The molecule has 0 saturated heterocycles. The molecule has 1 aromatic carbocycles. The van der Waals surface area contributed by atoms with Crippen LogP contribution >= 0.6 is 23.2 Å². The molecule has 2 aromatic rings. The maximum absolute atomic E-state index is 8.73. The summed E-state index contributed by atoms with van der Waals surface area (Å²) in [6.45, 7) is 0. The van der Waals surface area contributed by atoms with Gasteiger partial charge >= 0.3 is 0 Å². The van der Waals surface area contributed by atoms with Crippen LogP contribution in [0.1, 0.15) is 5.56 Å². The monoisotopic (exact) mass is 263 g/mol. The van der Waals surface area contributed by atoms with Crippen LogP contribution in [0.15, 0.2) is 30.5 Å². The van der Waals surface area contributed by atoms with Crippen LogP contribution in [0, 0.1) is 11.3 Å². The number of nitrogens with zero attached hydrogens (tertiary/aromatic N) is 2. The van der Waals surface area contributed by atoms with Crippen molar-refractivity contribution in [2.45, 2.75) is 0 Å². The molecule has 0 saturated carbocycles. The van der Waals surface area contributed by atoms with Gasteiger partial charge in [-0.05, 0) is 12.1 Å². The summed E-state index contributed by atoms with van der Waals surface area (Å²) in [5.74, 6) is 0. The zero-order valence-electron chi connectivity index (χ0n) is 8.61. The smallest absolute Gasteiger partial charge is 0.101 e. The van der Waals surface area contributed by atoms with Gasteiger partial charge in [0.15, 0.2) is 0 Å². The first-order valence-electron chi connectivity index (χ1n) is 4.73. The molecule has 84 valence electrons. The zero-order chi connectivity index (χ0) is 12.4. The summed E-state index contributed by atoms with van der Waals surface area (Å²) in [6, 6.07) is 8.76. The molecular weight excluding hydrogens is 257 g/mol. The van der Waals surface area contributed by atoms with Crippen LogP contribution < -0.4 is 5.73 Å². The summed E-state index contributed by atoms with van der Waals surface area (Å²) in [5.41, 5.74) is 7.81. The van der Waals surface area contributed by atoms with Gasteiger partial charge in [0.1, 0.15) is 6.07 Å². The van der Waals surface area contributed by atoms with Crippen molar-refractivity contribution in [3.63, 3.8) is 0 Å². The summed E-state index contributed by atoms with van der Waals surface area (Å²) in [6.07, 6.45) is 1.45. The van der Waals surface area contributed by atoms with Crippen molar-refractivity contribution < 1.29 is 0 Å². The molecule has 5 heteroatoms. The second kappa shape index (κ2) is 4.62. The molecule has 17 heavy (non-hydrogen) atoms. The van der Waals surface area contributed by atoms with E-state index in [1.807, 2.05) is 6.07 Å². The van der Waals surface area contributed by atoms with Gasteiger partial charge in [-0.2, -0.15) is 5.26 Å². The summed E-state index contributed by atoms with van der Waals surface area (Å²) in [5, 5.41) is 9.57. The second-order valence-corrected chi connectivity index (χ2v) is 4.16. The summed E-state index contributed by atoms with van der Waals surface area (Å²) < 4.78 is 0. The molecule has 1 heterocycles. The zero-order valence-corrected chi connectivity index (χ0v) is 10.1. The Hall–Kier alpha value is -1.76. The average Bonchev–Trinajstić information content (AvgIpc) is 2.33. The van der Waals surface area contributed by atoms with Gasteiger partial charge in [0.25, 0.3) is 0 Å². The lowest BCUT2D eigenvalue weighted by Gasteiger charge is -2.07. The van der Waals surface area contributed by atoms with E-state index in [1.165, 1.54) is 6.20 Å². The van der Waals surface area contributed by atoms with Crippen LogP contribution in [0.4, 0.5) is 5.69 Å². The number of nitrogens with two attached hydrogens (primary N) is 1. The van der Waals surface area contributed by atoms with E-state index in [4.69, 9.17) is 34.2 Å². The van der Waals surface area contributed by atoms with Gasteiger partial charge < -0.3 is 5.73 Å². The van der Waals surface area contributed by atoms with Gasteiger partial charge in [0.05, 0.1) is 27.0 Å². The number of hydrogen-bond acceptors (Lipinski definition) is 3. The third-order valence-corrected chi connectivity index (χ3v) is 3.07. The number of halogens is 2. The normalized spacial score (nSPS) is 9.94. The topological polar surface area (TPSA) is 62.7 Å². The van der Waals surface area contributed by atoms with Gasteiger partial charge in [0.2, 0.25) is 0 Å². The van der Waals surface area contributed by atoms with E-state index in [9.17, 15) is 0 Å². The van der Waals surface area contributed by atoms with E-state index in [0.717, 1.165) is 0 Å². The maximum atomic E-state index is 8.73. The predicted molar refractivity (Wildman–Crippen MR) is 68.8 cm³/mol. The minimum absolute atomic E-state index is 0.396. The minimum atomic E-state index is 0.396. The molecule has 0 aliphatic heterocycles. The van der Waals surface area contributed by atoms with Crippen molar-refractivity contribution in [1.29, 1.82) is 5.26 Å². The molecule has 0 amide bonds. The van der Waals surface area contributed by atoms with Crippen molar-refractivity contribution >= 4 is 28.9 Å². The van der Waals surface area contributed by atoms with Crippen LogP contribution in [-0.4, -0.2) is 4.98 Å². The molecule has 0 spiro atoms. The fourth-order valence-electron chi connectivity index (χ4n) is 1.45. The fraction of sp³-hybridized carbons (Fsp3) is 0. The molecule has 0 bridgehead atoms. The van der Waals surface area contributed by atoms with Crippen LogP contribution in [0.5, 0.6) is 0 Å². The number of benzene rings is 1. The molecule has 3 nitrogen and oxygen atoms in total. The highest BCUT2D eigenvalue weighted by Gasteiger charge is 2.11. The molecule has 0 aliphatic rings. The van der Waals surface area contributed by atoms with E-state index in [-0.39, 0.29) is 0 Å². The Labute approximate surface area is 108 Å². The van der Waals surface area contributed by atoms with Crippen LogP contribution in [0.2, 0.25) is 10.0 Å². The molecule has 2 N–H and O–H groups in total. The van der Waals surface area contributed by atoms with Crippen molar-refractivity contribution in [1.82, 2.24) is 4.98 Å². The molecule has 1 aromatic heterocycles. The predicted octanol–water partition coefficient (Wildman–Crippen LogP) is 3.51. The Bertz CT molecular complexity index is 618. The van der Waals surface area contributed by atoms with E-state index < -0.39 is 0 Å². The number of nitriles is 1. The highest BCUT2D eigenvalue weighted by Crippen LogP contribution is 2.34. The fourth-order valence-corrected chi connectivity index (χ4v) is 1.84. The Morgan fingerprint density at radius 2 is 2.06 bits per heavy atom. The number of rotatable bonds is 1. The number of pyridine rings is 1. The standard InChI is InChI=1S/C12H7Cl2N3/c13-9-3-1-2-8(11(9)14)12-10(16)4-7(5-15)6-17-12/h1-4,6H,16H2. The minimum Gasteiger partial charge on any atom is -0.397 e. The lowest BCUT2D eigenvalue weighted by atomic mass is 10.1. The Kier molecular flexibility index (Phi) is 3.19. The Balaban J connectivity index is 2.62. The van der Waals surface area contributed by atoms with Gasteiger partial charge in [0, 0.05) is 11.8 Å². The number of aromatic nitrogens is 1. The molecule has 0 radical (unpaired) electrons. The van der Waals surface area contributed by atoms with Crippen LogP contribution in [-0.2, 0) is 0 Å². The lowest BCUT2D eigenvalue weighted by Crippen LogP contribution is -1.95. The summed E-state index contributed by atoms with van der Waals surface area (Å²) >= 11 is 12.0. The average molecular weight is 264 g/mol. The quantitative estimate of drug-likeness (QED) is 0.857. The number of anilines is 1. The third kappa shape index (κ3) is 2.19. The van der Waals surface area contributed by atoms with Crippen molar-refractivity contribution in [3.05, 3.63) is 46.1 Å². The van der Waals surface area contributed by atoms with Crippen LogP contribution in [0.3, 0.4) is 0 Å². The van der Waals surface area contributed by atoms with E-state index in [0.29, 0.717) is 32.6 Å².